The van der Waals surface area contributed by atoms with E-state index in [1.54, 1.807) is 16.4 Å². The van der Waals surface area contributed by atoms with Crippen molar-refractivity contribution in [1.29, 1.82) is 0 Å². The van der Waals surface area contributed by atoms with E-state index in [2.05, 4.69) is 24.0 Å². The van der Waals surface area contributed by atoms with Gasteiger partial charge in [0.1, 0.15) is 0 Å². The molecule has 3 aromatic rings. The molecule has 1 atom stereocenters. The Labute approximate surface area is 178 Å². The number of rotatable bonds is 7. The molecule has 1 unspecified atom stereocenters. The van der Waals surface area contributed by atoms with Gasteiger partial charge in [0.2, 0.25) is 15.9 Å². The first-order chi connectivity index (χ1) is 14.4. The largest absolute Gasteiger partial charge is 0.339 e. The van der Waals surface area contributed by atoms with Crippen molar-refractivity contribution in [2.45, 2.75) is 56.4 Å². The zero-order chi connectivity index (χ0) is 21.1. The monoisotopic (exact) mass is 425 g/mol. The second kappa shape index (κ2) is 8.70. The maximum absolute atomic E-state index is 13.2. The van der Waals surface area contributed by atoms with Gasteiger partial charge >= 0.3 is 0 Å². The summed E-state index contributed by atoms with van der Waals surface area (Å²) in [4.78, 5) is 4.83. The van der Waals surface area contributed by atoms with Crippen molar-refractivity contribution in [2.24, 2.45) is 0 Å². The first-order valence-electron chi connectivity index (χ1n) is 10.4. The fourth-order valence-electron chi connectivity index (χ4n) is 3.92. The van der Waals surface area contributed by atoms with Gasteiger partial charge in [0.05, 0.1) is 11.3 Å². The van der Waals surface area contributed by atoms with E-state index in [1.165, 1.54) is 0 Å². The lowest BCUT2D eigenvalue weighted by atomic mass is 10.0. The molecule has 0 amide bonds. The summed E-state index contributed by atoms with van der Waals surface area (Å²) in [5.74, 6) is 1.47. The van der Waals surface area contributed by atoms with Crippen molar-refractivity contribution in [3.05, 3.63) is 77.4 Å². The number of aromatic nitrogens is 2. The molecular formula is C23H27N3O3S. The van der Waals surface area contributed by atoms with Crippen LogP contribution in [0.25, 0.3) is 0 Å². The fourth-order valence-corrected chi connectivity index (χ4v) is 5.61. The van der Waals surface area contributed by atoms with Gasteiger partial charge in [-0.15, -0.1) is 0 Å². The smallest absolute Gasteiger partial charge is 0.243 e. The van der Waals surface area contributed by atoms with Crippen LogP contribution in [0, 0.1) is 0 Å². The summed E-state index contributed by atoms with van der Waals surface area (Å²) in [7, 11) is -3.55. The van der Waals surface area contributed by atoms with Crippen LogP contribution in [0.15, 0.2) is 64.0 Å². The van der Waals surface area contributed by atoms with E-state index in [4.69, 9.17) is 4.52 Å². The molecule has 0 bridgehead atoms. The van der Waals surface area contributed by atoms with Crippen LogP contribution >= 0.6 is 0 Å². The van der Waals surface area contributed by atoms with E-state index in [0.29, 0.717) is 41.9 Å². The number of hydrogen-bond donors (Lipinski definition) is 0. The van der Waals surface area contributed by atoms with Gasteiger partial charge in [-0.3, -0.25) is 0 Å². The topological polar surface area (TPSA) is 76.3 Å². The Balaban J connectivity index is 1.47. The van der Waals surface area contributed by atoms with Gasteiger partial charge in [0, 0.05) is 19.0 Å². The van der Waals surface area contributed by atoms with E-state index in [9.17, 15) is 8.42 Å². The molecule has 2 heterocycles. The van der Waals surface area contributed by atoms with Crippen LogP contribution in [0.2, 0.25) is 0 Å². The van der Waals surface area contributed by atoms with Crippen LogP contribution in [-0.2, 0) is 22.9 Å². The quantitative estimate of drug-likeness (QED) is 0.568. The second-order valence-corrected chi connectivity index (χ2v) is 10.00. The van der Waals surface area contributed by atoms with Crippen molar-refractivity contribution in [1.82, 2.24) is 14.4 Å². The SMILES string of the molecule is CC(C)c1ccc(S(=O)(=O)N2CCCC2Cc2noc(Cc3ccccc3)n2)cc1. The molecule has 7 heteroatoms. The summed E-state index contributed by atoms with van der Waals surface area (Å²) < 4.78 is 33.4. The molecule has 1 aromatic heterocycles. The number of benzene rings is 2. The van der Waals surface area contributed by atoms with Crippen LogP contribution < -0.4 is 0 Å². The van der Waals surface area contributed by atoms with Gasteiger partial charge in [-0.1, -0.05) is 61.5 Å². The Morgan fingerprint density at radius 1 is 1.10 bits per heavy atom. The summed E-state index contributed by atoms with van der Waals surface area (Å²) in [5, 5.41) is 4.09. The van der Waals surface area contributed by atoms with Crippen LogP contribution in [0.1, 0.15) is 55.4 Å². The van der Waals surface area contributed by atoms with Gasteiger partial charge in [-0.05, 0) is 42.0 Å². The maximum Gasteiger partial charge on any atom is 0.243 e. The molecule has 30 heavy (non-hydrogen) atoms. The lowest BCUT2D eigenvalue weighted by Crippen LogP contribution is -2.37. The van der Waals surface area contributed by atoms with E-state index >= 15 is 0 Å². The molecule has 0 radical (unpaired) electrons. The van der Waals surface area contributed by atoms with Gasteiger partial charge in [-0.25, -0.2) is 8.42 Å². The lowest BCUT2D eigenvalue weighted by Gasteiger charge is -2.23. The normalized spacial score (nSPS) is 17.6. The Morgan fingerprint density at radius 3 is 2.53 bits per heavy atom. The van der Waals surface area contributed by atoms with Gasteiger partial charge in [0.15, 0.2) is 5.82 Å². The van der Waals surface area contributed by atoms with Crippen molar-refractivity contribution in [3.8, 4) is 0 Å². The second-order valence-electron chi connectivity index (χ2n) is 8.11. The minimum absolute atomic E-state index is 0.151. The highest BCUT2D eigenvalue weighted by Crippen LogP contribution is 2.28. The minimum Gasteiger partial charge on any atom is -0.339 e. The first-order valence-corrected chi connectivity index (χ1v) is 11.8. The van der Waals surface area contributed by atoms with Crippen molar-refractivity contribution >= 4 is 10.0 Å². The highest BCUT2D eigenvalue weighted by Gasteiger charge is 2.36. The van der Waals surface area contributed by atoms with Crippen LogP contribution in [0.5, 0.6) is 0 Å². The van der Waals surface area contributed by atoms with Gasteiger partial charge < -0.3 is 4.52 Å². The fraction of sp³-hybridized carbons (Fsp3) is 0.391. The van der Waals surface area contributed by atoms with Crippen molar-refractivity contribution in [3.63, 3.8) is 0 Å². The molecule has 2 aromatic carbocycles. The third-order valence-corrected chi connectivity index (χ3v) is 7.57. The molecule has 1 fully saturated rings. The molecule has 1 aliphatic heterocycles. The predicted octanol–water partition coefficient (Wildman–Crippen LogP) is 4.18. The summed E-state index contributed by atoms with van der Waals surface area (Å²) in [6.45, 7) is 4.71. The average molecular weight is 426 g/mol. The third kappa shape index (κ3) is 4.47. The van der Waals surface area contributed by atoms with E-state index in [0.717, 1.165) is 24.0 Å². The van der Waals surface area contributed by atoms with Crippen LogP contribution in [0.4, 0.5) is 0 Å². The molecule has 1 aliphatic rings. The number of sulfonamides is 1. The Bertz CT molecular complexity index is 1080. The molecule has 0 aliphatic carbocycles. The van der Waals surface area contributed by atoms with E-state index < -0.39 is 10.0 Å². The van der Waals surface area contributed by atoms with Crippen LogP contribution in [0.3, 0.4) is 0 Å². The first kappa shape index (κ1) is 20.8. The Hall–Kier alpha value is -2.51. The zero-order valence-electron chi connectivity index (χ0n) is 17.4. The summed E-state index contributed by atoms with van der Waals surface area (Å²) in [5.41, 5.74) is 2.23. The molecular weight excluding hydrogens is 398 g/mol. The highest BCUT2D eigenvalue weighted by atomic mass is 32.2. The van der Waals surface area contributed by atoms with Gasteiger partial charge in [-0.2, -0.15) is 9.29 Å². The maximum atomic E-state index is 13.2. The van der Waals surface area contributed by atoms with E-state index in [-0.39, 0.29) is 6.04 Å². The minimum atomic E-state index is -3.55. The molecule has 0 saturated carbocycles. The molecule has 6 nitrogen and oxygen atoms in total. The predicted molar refractivity (Wildman–Crippen MR) is 115 cm³/mol. The molecule has 4 rings (SSSR count). The molecule has 158 valence electrons. The Morgan fingerprint density at radius 2 is 1.83 bits per heavy atom. The number of nitrogens with zero attached hydrogens (tertiary/aromatic N) is 3. The van der Waals surface area contributed by atoms with Crippen molar-refractivity contribution < 1.29 is 12.9 Å². The zero-order valence-corrected chi connectivity index (χ0v) is 18.2. The summed E-state index contributed by atoms with van der Waals surface area (Å²) in [6, 6.07) is 17.0. The average Bonchev–Trinajstić information content (AvgIpc) is 3.39. The standard InChI is InChI=1S/C23H27N3O3S/c1-17(2)19-10-12-21(13-11-19)30(27,28)26-14-6-9-20(26)16-22-24-23(29-25-22)15-18-7-4-3-5-8-18/h3-5,7-8,10-13,17,20H,6,9,14-16H2,1-2H3. The van der Waals surface area contributed by atoms with E-state index in [1.807, 2.05) is 42.5 Å². The Kier molecular flexibility index (Phi) is 6.01. The third-order valence-electron chi connectivity index (χ3n) is 5.60. The van der Waals surface area contributed by atoms with Crippen LogP contribution in [-0.4, -0.2) is 35.5 Å². The highest BCUT2D eigenvalue weighted by molar-refractivity contribution is 7.89. The molecule has 0 spiro atoms. The lowest BCUT2D eigenvalue weighted by molar-refractivity contribution is 0.359. The molecule has 1 saturated heterocycles. The number of hydrogen-bond acceptors (Lipinski definition) is 5. The van der Waals surface area contributed by atoms with Gasteiger partial charge in [0.25, 0.3) is 0 Å². The van der Waals surface area contributed by atoms with Crippen molar-refractivity contribution in [2.75, 3.05) is 6.54 Å². The molecule has 0 N–H and O–H groups in total. The summed E-state index contributed by atoms with van der Waals surface area (Å²) >= 11 is 0. The summed E-state index contributed by atoms with van der Waals surface area (Å²) in [6.07, 6.45) is 2.67.